The molecule has 0 aliphatic rings. The number of rotatable bonds is 5. The zero-order valence-electron chi connectivity index (χ0n) is 13.7. The molecule has 2 aromatic carbocycles. The second-order valence-corrected chi connectivity index (χ2v) is 5.83. The summed E-state index contributed by atoms with van der Waals surface area (Å²) in [6.45, 7) is 0. The van der Waals surface area contributed by atoms with Crippen molar-refractivity contribution >= 4 is 5.69 Å². The third-order valence-electron chi connectivity index (χ3n) is 4.10. The highest BCUT2D eigenvalue weighted by Gasteiger charge is 2.56. The van der Waals surface area contributed by atoms with Crippen molar-refractivity contribution in [3.05, 3.63) is 82.1 Å². The molecular weight excluding hydrogens is 365 g/mol. The highest BCUT2D eigenvalue weighted by molar-refractivity contribution is 5.70. The molecule has 0 spiro atoms. The fourth-order valence-electron chi connectivity index (χ4n) is 2.72. The predicted molar refractivity (Wildman–Crippen MR) is 88.7 cm³/mol. The van der Waals surface area contributed by atoms with E-state index in [1.807, 2.05) is 0 Å². The Morgan fingerprint density at radius 1 is 1.04 bits per heavy atom. The van der Waals surface area contributed by atoms with Gasteiger partial charge in [0.05, 0.1) is 11.3 Å². The average Bonchev–Trinajstić information content (AvgIpc) is 3.06. The molecule has 1 N–H and O–H groups in total. The Hall–Kier alpha value is -3.20. The van der Waals surface area contributed by atoms with E-state index in [4.69, 9.17) is 4.52 Å². The normalized spacial score (nSPS) is 13.9. The van der Waals surface area contributed by atoms with Crippen LogP contribution in [0, 0.1) is 10.1 Å². The second-order valence-electron chi connectivity index (χ2n) is 5.83. The largest absolute Gasteiger partial charge is 0.421 e. The van der Waals surface area contributed by atoms with Gasteiger partial charge in [0.1, 0.15) is 0 Å². The summed E-state index contributed by atoms with van der Waals surface area (Å²) in [6, 6.07) is 14.2. The molecule has 0 bridgehead atoms. The van der Waals surface area contributed by atoms with Crippen LogP contribution < -0.4 is 0 Å². The van der Waals surface area contributed by atoms with Crippen molar-refractivity contribution in [1.29, 1.82) is 0 Å². The SMILES string of the molecule is O=[N+]([O-])c1c(-c2ccccc2)noc1CC(O)(c1ccccc1)C(F)(F)F. The highest BCUT2D eigenvalue weighted by Crippen LogP contribution is 2.44. The fourth-order valence-corrected chi connectivity index (χ4v) is 2.72. The van der Waals surface area contributed by atoms with E-state index in [-0.39, 0.29) is 5.69 Å². The van der Waals surface area contributed by atoms with Gasteiger partial charge in [-0.25, -0.2) is 0 Å². The van der Waals surface area contributed by atoms with Crippen molar-refractivity contribution < 1.29 is 27.7 Å². The number of benzene rings is 2. The number of aliphatic hydroxyl groups is 1. The molecule has 0 fully saturated rings. The van der Waals surface area contributed by atoms with Gasteiger partial charge in [-0.3, -0.25) is 10.1 Å². The van der Waals surface area contributed by atoms with Crippen LogP contribution >= 0.6 is 0 Å². The minimum absolute atomic E-state index is 0.201. The Balaban J connectivity index is 2.11. The Morgan fingerprint density at radius 3 is 2.11 bits per heavy atom. The van der Waals surface area contributed by atoms with Crippen molar-refractivity contribution in [2.45, 2.75) is 18.2 Å². The molecule has 1 aromatic heterocycles. The molecule has 9 heteroatoms. The molecule has 0 amide bonds. The van der Waals surface area contributed by atoms with Crippen molar-refractivity contribution in [2.75, 3.05) is 0 Å². The molecule has 0 aliphatic heterocycles. The third kappa shape index (κ3) is 3.41. The standard InChI is InChI=1S/C18H13F3N2O4/c19-18(20,21)17(24,13-9-5-2-6-10-13)11-14-16(23(25)26)15(22-27-14)12-7-3-1-4-8-12/h1-10,24H,11H2. The van der Waals surface area contributed by atoms with Gasteiger partial charge in [0.15, 0.2) is 11.3 Å². The third-order valence-corrected chi connectivity index (χ3v) is 4.10. The summed E-state index contributed by atoms with van der Waals surface area (Å²) in [7, 11) is 0. The van der Waals surface area contributed by atoms with Crippen molar-refractivity contribution in [3.8, 4) is 11.3 Å². The lowest BCUT2D eigenvalue weighted by Crippen LogP contribution is -2.44. The van der Waals surface area contributed by atoms with Crippen LogP contribution in [0.4, 0.5) is 18.9 Å². The zero-order valence-corrected chi connectivity index (χ0v) is 13.7. The number of nitro groups is 1. The lowest BCUT2D eigenvalue weighted by atomic mass is 9.88. The number of hydrogen-bond acceptors (Lipinski definition) is 5. The first-order valence-electron chi connectivity index (χ1n) is 7.77. The van der Waals surface area contributed by atoms with Gasteiger partial charge in [-0.2, -0.15) is 13.2 Å². The molecule has 1 heterocycles. The summed E-state index contributed by atoms with van der Waals surface area (Å²) in [6.07, 6.45) is -6.28. The zero-order chi connectivity index (χ0) is 19.7. The van der Waals surface area contributed by atoms with E-state index in [0.29, 0.717) is 5.56 Å². The van der Waals surface area contributed by atoms with E-state index < -0.39 is 40.1 Å². The van der Waals surface area contributed by atoms with Crippen LogP contribution in [0.15, 0.2) is 65.2 Å². The van der Waals surface area contributed by atoms with Crippen LogP contribution in [0.3, 0.4) is 0 Å². The first-order chi connectivity index (χ1) is 12.7. The average molecular weight is 378 g/mol. The first kappa shape index (κ1) is 18.6. The van der Waals surface area contributed by atoms with E-state index in [0.717, 1.165) is 12.1 Å². The van der Waals surface area contributed by atoms with Gasteiger partial charge in [-0.05, 0) is 5.56 Å². The lowest BCUT2D eigenvalue weighted by molar-refractivity contribution is -0.385. The molecule has 0 saturated carbocycles. The minimum atomic E-state index is -5.10. The van der Waals surface area contributed by atoms with Crippen molar-refractivity contribution in [3.63, 3.8) is 0 Å². The maximum absolute atomic E-state index is 13.7. The molecule has 3 aromatic rings. The van der Waals surface area contributed by atoms with E-state index in [1.54, 1.807) is 18.2 Å². The molecule has 0 aliphatic carbocycles. The van der Waals surface area contributed by atoms with Crippen molar-refractivity contribution in [1.82, 2.24) is 5.16 Å². The molecule has 6 nitrogen and oxygen atoms in total. The molecule has 3 rings (SSSR count). The summed E-state index contributed by atoms with van der Waals surface area (Å²) >= 11 is 0. The van der Waals surface area contributed by atoms with Crippen LogP contribution in [-0.2, 0) is 12.0 Å². The summed E-state index contributed by atoms with van der Waals surface area (Å²) < 4.78 is 45.8. The fraction of sp³-hybridized carbons (Fsp3) is 0.167. The summed E-state index contributed by atoms with van der Waals surface area (Å²) in [5.41, 5.74) is -4.42. The van der Waals surface area contributed by atoms with Crippen LogP contribution in [0.1, 0.15) is 11.3 Å². The maximum Gasteiger partial charge on any atom is 0.421 e. The summed E-state index contributed by atoms with van der Waals surface area (Å²) in [5, 5.41) is 25.5. The van der Waals surface area contributed by atoms with E-state index in [9.17, 15) is 28.4 Å². The van der Waals surface area contributed by atoms with E-state index in [2.05, 4.69) is 5.16 Å². The van der Waals surface area contributed by atoms with Gasteiger partial charge < -0.3 is 9.63 Å². The van der Waals surface area contributed by atoms with E-state index in [1.165, 1.54) is 30.3 Å². The number of halogens is 3. The lowest BCUT2D eigenvalue weighted by Gasteiger charge is -2.29. The second kappa shape index (κ2) is 6.84. The van der Waals surface area contributed by atoms with E-state index >= 15 is 0 Å². The minimum Gasteiger partial charge on any atom is -0.376 e. The smallest absolute Gasteiger partial charge is 0.376 e. The topological polar surface area (TPSA) is 89.4 Å². The Bertz CT molecular complexity index is 942. The number of hydrogen-bond donors (Lipinski definition) is 1. The highest BCUT2D eigenvalue weighted by atomic mass is 19.4. The Kier molecular flexibility index (Phi) is 4.71. The molecule has 27 heavy (non-hydrogen) atoms. The summed E-state index contributed by atoms with van der Waals surface area (Å²) in [4.78, 5) is 10.6. The van der Waals surface area contributed by atoms with Crippen LogP contribution in [0.25, 0.3) is 11.3 Å². The van der Waals surface area contributed by atoms with Crippen LogP contribution in [0.5, 0.6) is 0 Å². The molecule has 0 radical (unpaired) electrons. The van der Waals surface area contributed by atoms with Gasteiger partial charge >= 0.3 is 11.9 Å². The first-order valence-corrected chi connectivity index (χ1v) is 7.77. The molecule has 0 saturated heterocycles. The molecule has 140 valence electrons. The maximum atomic E-state index is 13.7. The van der Waals surface area contributed by atoms with Gasteiger partial charge in [0.25, 0.3) is 0 Å². The van der Waals surface area contributed by atoms with Gasteiger partial charge in [0.2, 0.25) is 5.76 Å². The quantitative estimate of drug-likeness (QED) is 0.530. The number of aromatic nitrogens is 1. The van der Waals surface area contributed by atoms with Crippen LogP contribution in [0.2, 0.25) is 0 Å². The van der Waals surface area contributed by atoms with Crippen molar-refractivity contribution in [2.24, 2.45) is 0 Å². The molecule has 1 unspecified atom stereocenters. The monoisotopic (exact) mass is 378 g/mol. The number of alkyl halides is 3. The van der Waals surface area contributed by atoms with Gasteiger partial charge in [-0.15, -0.1) is 0 Å². The Morgan fingerprint density at radius 2 is 1.59 bits per heavy atom. The van der Waals surface area contributed by atoms with Crippen LogP contribution in [-0.4, -0.2) is 21.4 Å². The molecular formula is C18H13F3N2O4. The molecule has 1 atom stereocenters. The predicted octanol–water partition coefficient (Wildman–Crippen LogP) is 4.24. The Labute approximate surface area is 151 Å². The summed E-state index contributed by atoms with van der Waals surface area (Å²) in [5.74, 6) is -0.664. The van der Waals surface area contributed by atoms with Gasteiger partial charge in [-0.1, -0.05) is 65.8 Å². The number of nitrogens with zero attached hydrogens (tertiary/aromatic N) is 2. The van der Waals surface area contributed by atoms with Gasteiger partial charge in [0, 0.05) is 5.56 Å².